The maximum atomic E-state index is 5.95. The first-order chi connectivity index (χ1) is 13.3. The summed E-state index contributed by atoms with van der Waals surface area (Å²) in [5.74, 6) is 2.66. The molecule has 136 valence electrons. The summed E-state index contributed by atoms with van der Waals surface area (Å²) in [6.07, 6.45) is 0.800. The van der Waals surface area contributed by atoms with Gasteiger partial charge in [0, 0.05) is 12.5 Å². The largest absolute Gasteiger partial charge is 0.497 e. The van der Waals surface area contributed by atoms with Crippen LogP contribution in [0.3, 0.4) is 0 Å². The highest BCUT2D eigenvalue weighted by Crippen LogP contribution is 2.21. The minimum Gasteiger partial charge on any atom is -0.497 e. The summed E-state index contributed by atoms with van der Waals surface area (Å²) >= 11 is 0. The molecule has 0 spiro atoms. The highest BCUT2D eigenvalue weighted by atomic mass is 16.5. The molecular weight excluding hydrogens is 336 g/mol. The second-order valence-corrected chi connectivity index (χ2v) is 6.36. The van der Waals surface area contributed by atoms with E-state index in [0.717, 1.165) is 41.3 Å². The fourth-order valence-corrected chi connectivity index (χ4v) is 3.23. The highest BCUT2D eigenvalue weighted by Gasteiger charge is 2.11. The van der Waals surface area contributed by atoms with E-state index in [4.69, 9.17) is 14.5 Å². The van der Waals surface area contributed by atoms with Gasteiger partial charge in [0.15, 0.2) is 0 Å². The molecule has 0 bridgehead atoms. The Morgan fingerprint density at radius 3 is 2.48 bits per heavy atom. The molecule has 0 saturated carbocycles. The number of aromatic nitrogens is 2. The van der Waals surface area contributed by atoms with Gasteiger partial charge in [-0.05, 0) is 29.8 Å². The van der Waals surface area contributed by atoms with Crippen LogP contribution in [0.4, 0.5) is 0 Å². The summed E-state index contributed by atoms with van der Waals surface area (Å²) in [5, 5.41) is 0. The molecule has 4 nitrogen and oxygen atoms in total. The zero-order valence-corrected chi connectivity index (χ0v) is 15.3. The van der Waals surface area contributed by atoms with Gasteiger partial charge in [0.1, 0.15) is 23.9 Å². The van der Waals surface area contributed by atoms with E-state index < -0.39 is 0 Å². The van der Waals surface area contributed by atoms with Crippen LogP contribution < -0.4 is 9.47 Å². The van der Waals surface area contributed by atoms with Crippen LogP contribution in [0.1, 0.15) is 11.4 Å². The SMILES string of the molecule is COc1cccc(OCCn2c(Cc3ccccc3)nc3ccccc32)c1. The lowest BCUT2D eigenvalue weighted by Gasteiger charge is -2.11. The Labute approximate surface area is 159 Å². The van der Waals surface area contributed by atoms with E-state index in [1.165, 1.54) is 5.56 Å². The molecule has 0 N–H and O–H groups in total. The minimum absolute atomic E-state index is 0.565. The average molecular weight is 358 g/mol. The fraction of sp³-hybridized carbons (Fsp3) is 0.174. The van der Waals surface area contributed by atoms with Gasteiger partial charge in [0.25, 0.3) is 0 Å². The Bertz CT molecular complexity index is 1020. The third-order valence-corrected chi connectivity index (χ3v) is 4.56. The minimum atomic E-state index is 0.565. The van der Waals surface area contributed by atoms with Crippen LogP contribution in [-0.2, 0) is 13.0 Å². The van der Waals surface area contributed by atoms with Crippen molar-refractivity contribution in [3.8, 4) is 11.5 Å². The van der Waals surface area contributed by atoms with Gasteiger partial charge in [-0.25, -0.2) is 4.98 Å². The van der Waals surface area contributed by atoms with Gasteiger partial charge in [-0.3, -0.25) is 0 Å². The van der Waals surface area contributed by atoms with Crippen molar-refractivity contribution >= 4 is 11.0 Å². The summed E-state index contributed by atoms with van der Waals surface area (Å²) in [5.41, 5.74) is 3.41. The van der Waals surface area contributed by atoms with Crippen molar-refractivity contribution in [2.24, 2.45) is 0 Å². The molecule has 0 radical (unpaired) electrons. The second kappa shape index (κ2) is 7.96. The number of hydrogen-bond donors (Lipinski definition) is 0. The van der Waals surface area contributed by atoms with Crippen LogP contribution in [-0.4, -0.2) is 23.3 Å². The number of nitrogens with zero attached hydrogens (tertiary/aromatic N) is 2. The number of ether oxygens (including phenoxy) is 2. The molecule has 4 heteroatoms. The Kier molecular flexibility index (Phi) is 5.06. The van der Waals surface area contributed by atoms with E-state index in [1.807, 2.05) is 36.4 Å². The quantitative estimate of drug-likeness (QED) is 0.480. The summed E-state index contributed by atoms with van der Waals surface area (Å²) in [7, 11) is 1.66. The first kappa shape index (κ1) is 17.2. The van der Waals surface area contributed by atoms with E-state index in [-0.39, 0.29) is 0 Å². The van der Waals surface area contributed by atoms with E-state index in [9.17, 15) is 0 Å². The zero-order chi connectivity index (χ0) is 18.5. The monoisotopic (exact) mass is 358 g/mol. The Morgan fingerprint density at radius 2 is 1.63 bits per heavy atom. The molecule has 0 unspecified atom stereocenters. The lowest BCUT2D eigenvalue weighted by atomic mass is 10.1. The van der Waals surface area contributed by atoms with Gasteiger partial charge in [-0.1, -0.05) is 48.5 Å². The fourth-order valence-electron chi connectivity index (χ4n) is 3.23. The van der Waals surface area contributed by atoms with Gasteiger partial charge in [-0.2, -0.15) is 0 Å². The number of benzene rings is 3. The topological polar surface area (TPSA) is 36.3 Å². The molecular formula is C23H22N2O2. The second-order valence-electron chi connectivity index (χ2n) is 6.36. The lowest BCUT2D eigenvalue weighted by molar-refractivity contribution is 0.296. The molecule has 1 heterocycles. The number of fused-ring (bicyclic) bond motifs is 1. The van der Waals surface area contributed by atoms with Crippen LogP contribution in [0.5, 0.6) is 11.5 Å². The Balaban J connectivity index is 1.55. The van der Waals surface area contributed by atoms with Gasteiger partial charge >= 0.3 is 0 Å². The number of para-hydroxylation sites is 2. The smallest absolute Gasteiger partial charge is 0.123 e. The van der Waals surface area contributed by atoms with E-state index in [2.05, 4.69) is 47.0 Å². The standard InChI is InChI=1S/C23H22N2O2/c1-26-19-10-7-11-20(17-19)27-15-14-25-22-13-6-5-12-21(22)24-23(25)16-18-8-3-2-4-9-18/h2-13,17H,14-16H2,1H3. The molecule has 0 amide bonds. The summed E-state index contributed by atoms with van der Waals surface area (Å²) in [6.45, 7) is 1.30. The molecule has 0 aliphatic carbocycles. The number of methoxy groups -OCH3 is 1. The van der Waals surface area contributed by atoms with E-state index >= 15 is 0 Å². The van der Waals surface area contributed by atoms with Gasteiger partial charge in [0.05, 0.1) is 24.7 Å². The maximum Gasteiger partial charge on any atom is 0.123 e. The number of rotatable bonds is 7. The van der Waals surface area contributed by atoms with Gasteiger partial charge in [-0.15, -0.1) is 0 Å². The molecule has 0 saturated heterocycles. The first-order valence-corrected chi connectivity index (χ1v) is 9.08. The van der Waals surface area contributed by atoms with Crippen LogP contribution in [0.2, 0.25) is 0 Å². The summed E-state index contributed by atoms with van der Waals surface area (Å²) < 4.78 is 13.5. The van der Waals surface area contributed by atoms with Crippen LogP contribution in [0.15, 0.2) is 78.9 Å². The van der Waals surface area contributed by atoms with Crippen molar-refractivity contribution in [2.45, 2.75) is 13.0 Å². The molecule has 0 fully saturated rings. The molecule has 0 aliphatic heterocycles. The number of imidazole rings is 1. The number of hydrogen-bond acceptors (Lipinski definition) is 3. The molecule has 3 aromatic carbocycles. The zero-order valence-electron chi connectivity index (χ0n) is 15.3. The third-order valence-electron chi connectivity index (χ3n) is 4.56. The molecule has 4 rings (SSSR count). The van der Waals surface area contributed by atoms with Crippen LogP contribution in [0, 0.1) is 0 Å². The molecule has 0 atom stereocenters. The Hall–Kier alpha value is -3.27. The average Bonchev–Trinajstić information content (AvgIpc) is 3.06. The molecule has 27 heavy (non-hydrogen) atoms. The lowest BCUT2D eigenvalue weighted by Crippen LogP contribution is -2.11. The first-order valence-electron chi connectivity index (χ1n) is 9.08. The molecule has 1 aromatic heterocycles. The summed E-state index contributed by atoms with van der Waals surface area (Å²) in [4.78, 5) is 4.85. The van der Waals surface area contributed by atoms with Gasteiger partial charge < -0.3 is 14.0 Å². The Morgan fingerprint density at radius 1 is 0.852 bits per heavy atom. The molecule has 0 aliphatic rings. The van der Waals surface area contributed by atoms with E-state index in [0.29, 0.717) is 6.61 Å². The normalized spacial score (nSPS) is 10.9. The third kappa shape index (κ3) is 3.95. The van der Waals surface area contributed by atoms with Crippen molar-refractivity contribution in [1.29, 1.82) is 0 Å². The van der Waals surface area contributed by atoms with Crippen LogP contribution >= 0.6 is 0 Å². The van der Waals surface area contributed by atoms with Crippen LogP contribution in [0.25, 0.3) is 11.0 Å². The van der Waals surface area contributed by atoms with Crippen molar-refractivity contribution in [1.82, 2.24) is 9.55 Å². The predicted octanol–water partition coefficient (Wildman–Crippen LogP) is 4.71. The predicted molar refractivity (Wildman–Crippen MR) is 107 cm³/mol. The maximum absolute atomic E-state index is 5.95. The van der Waals surface area contributed by atoms with Crippen molar-refractivity contribution < 1.29 is 9.47 Å². The van der Waals surface area contributed by atoms with Crippen molar-refractivity contribution in [3.05, 3.63) is 90.3 Å². The van der Waals surface area contributed by atoms with E-state index in [1.54, 1.807) is 7.11 Å². The highest BCUT2D eigenvalue weighted by molar-refractivity contribution is 5.76. The summed E-state index contributed by atoms with van der Waals surface area (Å²) in [6, 6.07) is 26.4. The molecule has 4 aromatic rings. The van der Waals surface area contributed by atoms with Crippen molar-refractivity contribution in [3.63, 3.8) is 0 Å². The van der Waals surface area contributed by atoms with Crippen molar-refractivity contribution in [2.75, 3.05) is 13.7 Å². The van der Waals surface area contributed by atoms with Gasteiger partial charge in [0.2, 0.25) is 0 Å².